The molecule has 0 bridgehead atoms. The van der Waals surface area contributed by atoms with E-state index < -0.39 is 11.6 Å². The second-order valence-corrected chi connectivity index (χ2v) is 7.79. The van der Waals surface area contributed by atoms with Crippen molar-refractivity contribution >= 4 is 0 Å². The summed E-state index contributed by atoms with van der Waals surface area (Å²) < 4.78 is 23.3. The molecular formula is C21H24O6. The van der Waals surface area contributed by atoms with Crippen LogP contribution in [0.1, 0.15) is 12.0 Å². The number of allylic oxidation sites excluding steroid dienone is 1. The fourth-order valence-electron chi connectivity index (χ4n) is 5.60. The summed E-state index contributed by atoms with van der Waals surface area (Å²) in [5.74, 6) is -1.84. The van der Waals surface area contributed by atoms with Crippen LogP contribution < -0.4 is 4.74 Å². The molecule has 6 atom stereocenters. The molecule has 0 aromatic heterocycles. The molecule has 0 amide bonds. The predicted octanol–water partition coefficient (Wildman–Crippen LogP) is 2.31. The normalized spacial score (nSPS) is 41.0. The van der Waals surface area contributed by atoms with Crippen LogP contribution >= 0.6 is 0 Å². The van der Waals surface area contributed by atoms with Crippen molar-refractivity contribution in [1.82, 2.24) is 0 Å². The second kappa shape index (κ2) is 5.82. The van der Waals surface area contributed by atoms with Crippen LogP contribution in [0.3, 0.4) is 0 Å². The van der Waals surface area contributed by atoms with Crippen LogP contribution in [-0.2, 0) is 20.0 Å². The third-order valence-electron chi connectivity index (χ3n) is 6.68. The molecule has 4 aliphatic rings. The molecule has 27 heavy (non-hydrogen) atoms. The number of aliphatic hydroxyl groups is 1. The molecule has 6 heteroatoms. The lowest BCUT2D eigenvalue weighted by atomic mass is 9.73. The van der Waals surface area contributed by atoms with Gasteiger partial charge < -0.3 is 29.2 Å². The maximum atomic E-state index is 11.6. The molecule has 1 spiro atoms. The number of hydrogen-bond acceptors (Lipinski definition) is 6. The van der Waals surface area contributed by atoms with E-state index in [9.17, 15) is 10.2 Å². The fourth-order valence-corrected chi connectivity index (χ4v) is 5.60. The van der Waals surface area contributed by atoms with Gasteiger partial charge in [0.25, 0.3) is 0 Å². The number of benzene rings is 1. The van der Waals surface area contributed by atoms with Gasteiger partial charge in [-0.1, -0.05) is 12.2 Å². The van der Waals surface area contributed by atoms with Crippen molar-refractivity contribution < 1.29 is 29.2 Å². The zero-order chi connectivity index (χ0) is 18.8. The number of ether oxygens (including phenoxy) is 4. The molecule has 1 saturated carbocycles. The zero-order valence-electron chi connectivity index (χ0n) is 15.2. The summed E-state index contributed by atoms with van der Waals surface area (Å²) in [7, 11) is 1.49. The summed E-state index contributed by atoms with van der Waals surface area (Å²) in [5, 5.41) is 21.8. The minimum absolute atomic E-state index is 0.0220. The van der Waals surface area contributed by atoms with Crippen LogP contribution in [0.4, 0.5) is 0 Å². The molecule has 2 saturated heterocycles. The Morgan fingerprint density at radius 2 is 2.07 bits per heavy atom. The molecule has 2 aliphatic carbocycles. The average Bonchev–Trinajstić information content (AvgIpc) is 3.36. The van der Waals surface area contributed by atoms with Gasteiger partial charge in [-0.05, 0) is 36.6 Å². The van der Waals surface area contributed by atoms with Gasteiger partial charge in [-0.25, -0.2) is 0 Å². The molecule has 5 rings (SSSR count). The number of phenols is 1. The van der Waals surface area contributed by atoms with Crippen LogP contribution in [-0.4, -0.2) is 42.4 Å². The van der Waals surface area contributed by atoms with Crippen molar-refractivity contribution in [1.29, 1.82) is 0 Å². The first-order valence-corrected chi connectivity index (χ1v) is 9.40. The Kier molecular flexibility index (Phi) is 3.72. The summed E-state index contributed by atoms with van der Waals surface area (Å²) in [6.45, 7) is 5.13. The maximum absolute atomic E-state index is 11.6. The minimum atomic E-state index is -1.50. The lowest BCUT2D eigenvalue weighted by molar-refractivity contribution is -0.222. The van der Waals surface area contributed by atoms with E-state index in [4.69, 9.17) is 18.9 Å². The van der Waals surface area contributed by atoms with E-state index in [-0.39, 0.29) is 35.5 Å². The number of methoxy groups -OCH3 is 1. The van der Waals surface area contributed by atoms with Crippen LogP contribution in [0.2, 0.25) is 0 Å². The van der Waals surface area contributed by atoms with Crippen LogP contribution in [0, 0.1) is 23.7 Å². The first-order valence-electron chi connectivity index (χ1n) is 9.40. The Balaban J connectivity index is 1.57. The van der Waals surface area contributed by atoms with Crippen molar-refractivity contribution in [3.8, 4) is 11.5 Å². The highest BCUT2D eigenvalue weighted by Crippen LogP contribution is 2.63. The third kappa shape index (κ3) is 2.21. The lowest BCUT2D eigenvalue weighted by Gasteiger charge is -2.41. The van der Waals surface area contributed by atoms with Gasteiger partial charge in [-0.2, -0.15) is 0 Å². The van der Waals surface area contributed by atoms with Crippen molar-refractivity contribution in [2.45, 2.75) is 24.1 Å². The Hall–Kier alpha value is -1.86. The van der Waals surface area contributed by atoms with Gasteiger partial charge in [0, 0.05) is 23.3 Å². The maximum Gasteiger partial charge on any atom is 0.196 e. The van der Waals surface area contributed by atoms with E-state index in [1.54, 1.807) is 12.1 Å². The molecule has 2 N–H and O–H groups in total. The molecule has 0 radical (unpaired) electrons. The average molecular weight is 372 g/mol. The Morgan fingerprint density at radius 1 is 1.30 bits per heavy atom. The highest BCUT2D eigenvalue weighted by molar-refractivity contribution is 5.44. The van der Waals surface area contributed by atoms with E-state index in [0.29, 0.717) is 24.5 Å². The van der Waals surface area contributed by atoms with E-state index in [1.807, 2.05) is 18.2 Å². The summed E-state index contributed by atoms with van der Waals surface area (Å²) in [6.07, 6.45) is 6.32. The molecule has 2 aliphatic heterocycles. The number of phenolic OH excluding ortho intramolecular Hbond substituents is 1. The summed E-state index contributed by atoms with van der Waals surface area (Å²) >= 11 is 0. The molecule has 1 aromatic carbocycles. The van der Waals surface area contributed by atoms with E-state index in [1.165, 1.54) is 13.2 Å². The largest absolute Gasteiger partial charge is 0.504 e. The van der Waals surface area contributed by atoms with Gasteiger partial charge in [0.2, 0.25) is 0 Å². The summed E-state index contributed by atoms with van der Waals surface area (Å²) in [4.78, 5) is 0. The first-order chi connectivity index (χ1) is 13.0. The van der Waals surface area contributed by atoms with E-state index in [2.05, 4.69) is 6.58 Å². The lowest BCUT2D eigenvalue weighted by Crippen LogP contribution is -2.47. The molecular weight excluding hydrogens is 348 g/mol. The van der Waals surface area contributed by atoms with Gasteiger partial charge in [0.1, 0.15) is 0 Å². The molecule has 3 fully saturated rings. The summed E-state index contributed by atoms with van der Waals surface area (Å²) in [5.41, 5.74) is 0.527. The first kappa shape index (κ1) is 17.3. The molecule has 2 heterocycles. The van der Waals surface area contributed by atoms with Crippen LogP contribution in [0.25, 0.3) is 0 Å². The molecule has 144 valence electrons. The molecule has 6 nitrogen and oxygen atoms in total. The van der Waals surface area contributed by atoms with Crippen molar-refractivity contribution in [2.24, 2.45) is 23.7 Å². The Bertz CT molecular complexity index is 798. The monoisotopic (exact) mass is 372 g/mol. The number of fused-ring (bicyclic) bond motifs is 1. The minimum Gasteiger partial charge on any atom is -0.504 e. The number of hydrogen-bond donors (Lipinski definition) is 2. The fraction of sp³-hybridized carbons (Fsp3) is 0.524. The van der Waals surface area contributed by atoms with Crippen LogP contribution in [0.5, 0.6) is 11.5 Å². The highest BCUT2D eigenvalue weighted by Gasteiger charge is 2.68. The number of rotatable bonds is 3. The Labute approximate surface area is 158 Å². The zero-order valence-corrected chi connectivity index (χ0v) is 15.2. The van der Waals surface area contributed by atoms with Crippen molar-refractivity contribution in [3.63, 3.8) is 0 Å². The number of aromatic hydroxyl groups is 1. The topological polar surface area (TPSA) is 77.4 Å². The highest BCUT2D eigenvalue weighted by atomic mass is 16.7. The van der Waals surface area contributed by atoms with Gasteiger partial charge in [0.05, 0.1) is 26.4 Å². The van der Waals surface area contributed by atoms with E-state index in [0.717, 1.165) is 6.42 Å². The predicted molar refractivity (Wildman–Crippen MR) is 96.0 cm³/mol. The van der Waals surface area contributed by atoms with Gasteiger partial charge in [-0.3, -0.25) is 0 Å². The van der Waals surface area contributed by atoms with Gasteiger partial charge in [-0.15, -0.1) is 6.58 Å². The summed E-state index contributed by atoms with van der Waals surface area (Å²) in [6, 6.07) is 4.91. The quantitative estimate of drug-likeness (QED) is 0.793. The van der Waals surface area contributed by atoms with Crippen molar-refractivity contribution in [3.05, 3.63) is 48.6 Å². The van der Waals surface area contributed by atoms with Gasteiger partial charge >= 0.3 is 0 Å². The molecule has 3 unspecified atom stereocenters. The van der Waals surface area contributed by atoms with Crippen molar-refractivity contribution in [2.75, 3.05) is 20.3 Å². The van der Waals surface area contributed by atoms with Crippen LogP contribution in [0.15, 0.2) is 43.0 Å². The standard InChI is InChI=1S/C21H24O6/c1-3-12-10-14-18-17(6-7-20(19(12)18)25-8-9-26-20)27-21(14,23)13-4-5-16(24-2)15(22)11-13/h3-7,11-12,14,17-19,22-23H,1,8-10H2,2H3/t12?,14?,17-,18-,19-,21?/m1/s1. The Morgan fingerprint density at radius 3 is 2.74 bits per heavy atom. The molecule has 1 aromatic rings. The second-order valence-electron chi connectivity index (χ2n) is 7.79. The van der Waals surface area contributed by atoms with E-state index >= 15 is 0 Å². The third-order valence-corrected chi connectivity index (χ3v) is 6.68. The SMILES string of the molecule is C=CC1CC2[C@H]3[C@@H]1C1(C=C[C@H]3OC2(O)c2ccc(OC)c(O)c2)OCCO1. The smallest absolute Gasteiger partial charge is 0.196 e. The van der Waals surface area contributed by atoms with Gasteiger partial charge in [0.15, 0.2) is 23.1 Å².